The number of rotatable bonds is 7. The third kappa shape index (κ3) is 4.32. The van der Waals surface area contributed by atoms with Crippen LogP contribution in [-0.2, 0) is 17.7 Å². The van der Waals surface area contributed by atoms with E-state index in [0.717, 1.165) is 60.6 Å². The van der Waals surface area contributed by atoms with E-state index in [0.29, 0.717) is 12.6 Å². The van der Waals surface area contributed by atoms with Crippen LogP contribution >= 0.6 is 0 Å². The zero-order valence-corrected chi connectivity index (χ0v) is 19.1. The highest BCUT2D eigenvalue weighted by molar-refractivity contribution is 5.82. The van der Waals surface area contributed by atoms with Crippen molar-refractivity contribution in [1.29, 1.82) is 0 Å². The number of aromatic nitrogens is 2. The monoisotopic (exact) mass is 455 g/mol. The minimum absolute atomic E-state index is 0.273. The Bertz CT molecular complexity index is 1300. The van der Waals surface area contributed by atoms with Crippen LogP contribution in [-0.4, -0.2) is 58.6 Å². The molecule has 34 heavy (non-hydrogen) atoms. The Hall–Kier alpha value is -3.19. The van der Waals surface area contributed by atoms with Crippen LogP contribution in [0.25, 0.3) is 22.2 Å². The van der Waals surface area contributed by atoms with Crippen LogP contribution in [0.5, 0.6) is 5.75 Å². The first-order valence-electron chi connectivity index (χ1n) is 12.0. The van der Waals surface area contributed by atoms with Gasteiger partial charge in [-0.3, -0.25) is 4.90 Å². The topological polar surface area (TPSA) is 59.8 Å². The Balaban J connectivity index is 1.10. The summed E-state index contributed by atoms with van der Waals surface area (Å²) in [5.41, 5.74) is 7.09. The molecule has 6 heteroatoms. The van der Waals surface area contributed by atoms with Crippen molar-refractivity contribution in [3.63, 3.8) is 0 Å². The summed E-state index contributed by atoms with van der Waals surface area (Å²) in [6.45, 7) is 4.22. The van der Waals surface area contributed by atoms with Crippen molar-refractivity contribution in [2.75, 3.05) is 32.9 Å². The van der Waals surface area contributed by atoms with Crippen molar-refractivity contribution >= 4 is 11.0 Å². The number of hydrogen-bond donors (Lipinski definition) is 1. The van der Waals surface area contributed by atoms with Crippen molar-refractivity contribution in [2.24, 2.45) is 0 Å². The highest BCUT2D eigenvalue weighted by Crippen LogP contribution is 2.29. The molecule has 0 spiro atoms. The number of aliphatic hydroxyl groups is 1. The van der Waals surface area contributed by atoms with E-state index < -0.39 is 6.10 Å². The van der Waals surface area contributed by atoms with Crippen LogP contribution < -0.4 is 4.74 Å². The zero-order chi connectivity index (χ0) is 22.9. The highest BCUT2D eigenvalue weighted by Gasteiger charge is 2.22. The Labute approximate surface area is 199 Å². The molecule has 0 amide bonds. The summed E-state index contributed by atoms with van der Waals surface area (Å²) < 4.78 is 13.6. The first kappa shape index (κ1) is 21.4. The second-order valence-corrected chi connectivity index (χ2v) is 9.29. The maximum Gasteiger partial charge on any atom is 0.120 e. The maximum absolute atomic E-state index is 10.6. The molecule has 0 bridgehead atoms. The molecule has 3 heterocycles. The van der Waals surface area contributed by atoms with Gasteiger partial charge in [0.2, 0.25) is 0 Å². The molecule has 3 aromatic carbocycles. The van der Waals surface area contributed by atoms with Crippen molar-refractivity contribution < 1.29 is 14.6 Å². The average Bonchev–Trinajstić information content (AvgIpc) is 3.24. The Morgan fingerprint density at radius 2 is 1.85 bits per heavy atom. The van der Waals surface area contributed by atoms with Crippen LogP contribution in [0, 0.1) is 0 Å². The fourth-order valence-corrected chi connectivity index (χ4v) is 4.90. The van der Waals surface area contributed by atoms with E-state index in [-0.39, 0.29) is 6.61 Å². The molecule has 4 aromatic rings. The quantitative estimate of drug-likeness (QED) is 0.455. The number of nitrogens with zero attached hydrogens (tertiary/aromatic N) is 3. The molecule has 1 atom stereocenters. The van der Waals surface area contributed by atoms with E-state index in [2.05, 4.69) is 63.0 Å². The fourth-order valence-electron chi connectivity index (χ4n) is 4.90. The van der Waals surface area contributed by atoms with Crippen molar-refractivity contribution in [3.8, 4) is 16.9 Å². The van der Waals surface area contributed by atoms with Crippen LogP contribution in [0.1, 0.15) is 17.2 Å². The summed E-state index contributed by atoms with van der Waals surface area (Å²) in [6, 6.07) is 23.3. The molecular weight excluding hydrogens is 426 g/mol. The van der Waals surface area contributed by atoms with Crippen molar-refractivity contribution in [1.82, 2.24) is 14.5 Å². The molecule has 1 N–H and O–H groups in total. The molecule has 0 saturated carbocycles. The zero-order valence-electron chi connectivity index (χ0n) is 19.1. The largest absolute Gasteiger partial charge is 0.491 e. The van der Waals surface area contributed by atoms with Gasteiger partial charge in [0, 0.05) is 19.6 Å². The first-order chi connectivity index (χ1) is 16.7. The summed E-state index contributed by atoms with van der Waals surface area (Å²) in [5, 5.41) is 10.6. The summed E-state index contributed by atoms with van der Waals surface area (Å²) in [7, 11) is 0. The molecule has 6 nitrogen and oxygen atoms in total. The van der Waals surface area contributed by atoms with Gasteiger partial charge in [-0.2, -0.15) is 0 Å². The summed E-state index contributed by atoms with van der Waals surface area (Å²) in [6.07, 6.45) is 2.40. The predicted molar refractivity (Wildman–Crippen MR) is 132 cm³/mol. The molecule has 0 radical (unpaired) electrons. The fraction of sp³-hybridized carbons (Fsp3) is 0.321. The first-order valence-corrected chi connectivity index (χ1v) is 12.0. The Morgan fingerprint density at radius 1 is 1.00 bits per heavy atom. The number of aliphatic hydroxyl groups excluding tert-OH is 1. The Kier molecular flexibility index (Phi) is 5.79. The molecule has 6 rings (SSSR count). The lowest BCUT2D eigenvalue weighted by atomic mass is 10.00. The van der Waals surface area contributed by atoms with E-state index >= 15 is 0 Å². The molecule has 1 unspecified atom stereocenters. The average molecular weight is 456 g/mol. The smallest absolute Gasteiger partial charge is 0.120 e. The van der Waals surface area contributed by atoms with E-state index in [1.54, 1.807) is 0 Å². The molecule has 174 valence electrons. The summed E-state index contributed by atoms with van der Waals surface area (Å²) in [5.74, 6) is 0.765. The minimum atomic E-state index is -0.538. The third-order valence-electron chi connectivity index (χ3n) is 6.88. The highest BCUT2D eigenvalue weighted by atomic mass is 16.5. The van der Waals surface area contributed by atoms with E-state index in [4.69, 9.17) is 9.47 Å². The van der Waals surface area contributed by atoms with Gasteiger partial charge in [0.15, 0.2) is 0 Å². The number of β-amino-alcohol motifs (C(OH)–C–C–N with tert-alkyl or cyclic N) is 1. The predicted octanol–water partition coefficient (Wildman–Crippen LogP) is 4.07. The maximum atomic E-state index is 10.6. The van der Waals surface area contributed by atoms with Crippen LogP contribution in [0.2, 0.25) is 0 Å². The number of hydrogen-bond acceptors (Lipinski definition) is 5. The molecule has 1 aromatic heterocycles. The van der Waals surface area contributed by atoms with E-state index in [9.17, 15) is 5.11 Å². The second-order valence-electron chi connectivity index (χ2n) is 9.29. The van der Waals surface area contributed by atoms with Gasteiger partial charge in [0.1, 0.15) is 18.5 Å². The summed E-state index contributed by atoms with van der Waals surface area (Å²) in [4.78, 5) is 6.84. The van der Waals surface area contributed by atoms with E-state index in [1.165, 1.54) is 11.1 Å². The van der Waals surface area contributed by atoms with Crippen molar-refractivity contribution in [3.05, 3.63) is 84.2 Å². The van der Waals surface area contributed by atoms with Crippen LogP contribution in [0.4, 0.5) is 0 Å². The van der Waals surface area contributed by atoms with Crippen LogP contribution in [0.15, 0.2) is 73.1 Å². The summed E-state index contributed by atoms with van der Waals surface area (Å²) >= 11 is 0. The molecule has 1 saturated heterocycles. The number of ether oxygens (including phenoxy) is 2. The van der Waals surface area contributed by atoms with Gasteiger partial charge in [-0.1, -0.05) is 42.5 Å². The van der Waals surface area contributed by atoms with E-state index in [1.807, 2.05) is 24.5 Å². The number of fused-ring (bicyclic) bond motifs is 2. The van der Waals surface area contributed by atoms with Gasteiger partial charge >= 0.3 is 0 Å². The SMILES string of the molecule is OC(COc1cccc(-c2ccc3ncn(C4COC4)c3c2)c1)CN1CCc2ccccc2C1. The van der Waals surface area contributed by atoms with Gasteiger partial charge in [0.25, 0.3) is 0 Å². The van der Waals surface area contributed by atoms with Crippen molar-refractivity contribution in [2.45, 2.75) is 25.1 Å². The standard InChI is InChI=1S/C28H29N3O3/c32-25(15-30-11-10-20-4-1-2-5-23(20)14-30)18-34-26-7-3-6-21(12-26)22-8-9-27-28(13-22)31(19-29-27)24-16-33-17-24/h1-9,12-13,19,24-25,32H,10-11,14-18H2. The second kappa shape index (κ2) is 9.22. The van der Waals surface area contributed by atoms with Gasteiger partial charge in [-0.15, -0.1) is 0 Å². The molecule has 0 aliphatic carbocycles. The molecule has 1 fully saturated rings. The minimum Gasteiger partial charge on any atom is -0.491 e. The third-order valence-corrected chi connectivity index (χ3v) is 6.88. The lowest BCUT2D eigenvalue weighted by molar-refractivity contribution is -0.0216. The lowest BCUT2D eigenvalue weighted by Gasteiger charge is -2.30. The number of imidazole rings is 1. The van der Waals surface area contributed by atoms with Gasteiger partial charge in [-0.05, 0) is 52.9 Å². The van der Waals surface area contributed by atoms with Gasteiger partial charge in [0.05, 0.1) is 36.6 Å². The molecule has 2 aliphatic rings. The van der Waals surface area contributed by atoms with Gasteiger partial charge < -0.3 is 19.1 Å². The number of benzene rings is 3. The lowest BCUT2D eigenvalue weighted by Crippen LogP contribution is -2.38. The normalized spacial score (nSPS) is 17.3. The Morgan fingerprint density at radius 3 is 2.71 bits per heavy atom. The molecule has 2 aliphatic heterocycles. The van der Waals surface area contributed by atoms with Gasteiger partial charge in [-0.25, -0.2) is 4.98 Å². The molecular formula is C28H29N3O3. The van der Waals surface area contributed by atoms with Crippen LogP contribution in [0.3, 0.4) is 0 Å².